The molecule has 0 aliphatic rings. The van der Waals surface area contributed by atoms with E-state index in [2.05, 4.69) is 6.92 Å². The van der Waals surface area contributed by atoms with Crippen molar-refractivity contribution in [2.75, 3.05) is 5.94 Å². The molecule has 5 heteroatoms. The van der Waals surface area contributed by atoms with Crippen molar-refractivity contribution in [2.24, 2.45) is 0 Å². The van der Waals surface area contributed by atoms with E-state index >= 15 is 0 Å². The van der Waals surface area contributed by atoms with Gasteiger partial charge in [-0.2, -0.15) is 8.42 Å². The monoisotopic (exact) mass is 286 g/mol. The van der Waals surface area contributed by atoms with Crippen LogP contribution < -0.4 is 0 Å². The molecule has 0 heterocycles. The lowest BCUT2D eigenvalue weighted by Crippen LogP contribution is -2.32. The van der Waals surface area contributed by atoms with Crippen LogP contribution in [0.5, 0.6) is 0 Å². The minimum absolute atomic E-state index is 0.257. The van der Waals surface area contributed by atoms with E-state index in [1.807, 2.05) is 44.2 Å². The normalized spacial score (nSPS) is 16.8. The second-order valence-electron chi connectivity index (χ2n) is 5.16. The lowest BCUT2D eigenvalue weighted by Gasteiger charge is -2.31. The summed E-state index contributed by atoms with van der Waals surface area (Å²) in [5.41, 5.74) is 0.628. The van der Waals surface area contributed by atoms with Crippen LogP contribution in [-0.2, 0) is 14.9 Å². The van der Waals surface area contributed by atoms with Gasteiger partial charge in [0.2, 0.25) is 0 Å². The van der Waals surface area contributed by atoms with Crippen molar-refractivity contribution in [3.63, 3.8) is 0 Å². The van der Waals surface area contributed by atoms with E-state index in [-0.39, 0.29) is 5.92 Å². The van der Waals surface area contributed by atoms with Crippen molar-refractivity contribution in [1.82, 2.24) is 0 Å². The van der Waals surface area contributed by atoms with Gasteiger partial charge in [0.15, 0.2) is 5.94 Å². The van der Waals surface area contributed by atoms with Gasteiger partial charge < -0.3 is 4.74 Å². The summed E-state index contributed by atoms with van der Waals surface area (Å²) in [6.07, 6.45) is 1.38. The van der Waals surface area contributed by atoms with Gasteiger partial charge in [-0.25, -0.2) is 0 Å². The van der Waals surface area contributed by atoms with E-state index in [9.17, 15) is 8.42 Å². The maximum Gasteiger partial charge on any atom is 0.289 e. The molecule has 0 spiro atoms. The van der Waals surface area contributed by atoms with Gasteiger partial charge in [-0.15, -0.1) is 0 Å². The van der Waals surface area contributed by atoms with Crippen LogP contribution in [0, 0.1) is 0 Å². The Morgan fingerprint density at radius 2 is 1.89 bits per heavy atom. The molecule has 0 aliphatic carbocycles. The van der Waals surface area contributed by atoms with Gasteiger partial charge in [-0.3, -0.25) is 4.55 Å². The Hall–Kier alpha value is -0.910. The van der Waals surface area contributed by atoms with E-state index in [0.29, 0.717) is 12.8 Å². The molecule has 2 unspecified atom stereocenters. The molecular weight excluding hydrogens is 264 g/mol. The van der Waals surface area contributed by atoms with Gasteiger partial charge in [0.25, 0.3) is 10.1 Å². The Balaban J connectivity index is 2.70. The first-order chi connectivity index (χ1) is 8.76. The largest absolute Gasteiger partial charge is 0.357 e. The third-order valence-electron chi connectivity index (χ3n) is 3.41. The molecule has 0 aliphatic heterocycles. The average Bonchev–Trinajstić information content (AvgIpc) is 2.37. The highest BCUT2D eigenvalue weighted by molar-refractivity contribution is 7.85. The molecule has 1 N–H and O–H groups in total. The maximum atomic E-state index is 10.8. The van der Waals surface area contributed by atoms with Crippen molar-refractivity contribution >= 4 is 10.1 Å². The van der Waals surface area contributed by atoms with Crippen LogP contribution in [0.1, 0.15) is 45.1 Å². The van der Waals surface area contributed by atoms with Gasteiger partial charge in [-0.05, 0) is 31.2 Å². The summed E-state index contributed by atoms with van der Waals surface area (Å²) >= 11 is 0. The summed E-state index contributed by atoms with van der Waals surface area (Å²) in [7, 11) is -4.09. The molecule has 0 saturated heterocycles. The Morgan fingerprint density at radius 1 is 1.32 bits per heavy atom. The maximum absolute atomic E-state index is 10.8. The molecule has 1 aromatic carbocycles. The lowest BCUT2D eigenvalue weighted by atomic mass is 9.86. The van der Waals surface area contributed by atoms with E-state index in [1.165, 1.54) is 5.56 Å². The molecule has 4 nitrogen and oxygen atoms in total. The summed E-state index contributed by atoms with van der Waals surface area (Å²) in [6.45, 7) is 5.90. The van der Waals surface area contributed by atoms with Crippen molar-refractivity contribution in [1.29, 1.82) is 0 Å². The predicted molar refractivity (Wildman–Crippen MR) is 75.7 cm³/mol. The zero-order valence-electron chi connectivity index (χ0n) is 11.7. The molecule has 19 heavy (non-hydrogen) atoms. The second kappa shape index (κ2) is 6.50. The summed E-state index contributed by atoms with van der Waals surface area (Å²) < 4.78 is 35.7. The van der Waals surface area contributed by atoms with Crippen LogP contribution in [0.2, 0.25) is 0 Å². The van der Waals surface area contributed by atoms with Crippen LogP contribution in [0.25, 0.3) is 0 Å². The highest BCUT2D eigenvalue weighted by Crippen LogP contribution is 2.30. The predicted octanol–water partition coefficient (Wildman–Crippen LogP) is 3.21. The molecule has 108 valence electrons. The number of hydrogen-bond acceptors (Lipinski definition) is 3. The lowest BCUT2D eigenvalue weighted by molar-refractivity contribution is -0.0225. The number of rotatable bonds is 7. The summed E-state index contributed by atoms with van der Waals surface area (Å²) in [5.74, 6) is -0.397. The van der Waals surface area contributed by atoms with Crippen molar-refractivity contribution in [3.8, 4) is 0 Å². The first-order valence-corrected chi connectivity index (χ1v) is 8.01. The van der Waals surface area contributed by atoms with Crippen LogP contribution in [0.15, 0.2) is 30.3 Å². The van der Waals surface area contributed by atoms with Gasteiger partial charge >= 0.3 is 0 Å². The van der Waals surface area contributed by atoms with Crippen LogP contribution >= 0.6 is 0 Å². The number of ether oxygens (including phenoxy) is 1. The topological polar surface area (TPSA) is 63.6 Å². The fourth-order valence-corrected chi connectivity index (χ4v) is 2.50. The van der Waals surface area contributed by atoms with Crippen molar-refractivity contribution < 1.29 is 17.7 Å². The third-order valence-corrected chi connectivity index (χ3v) is 3.83. The fraction of sp³-hybridized carbons (Fsp3) is 0.571. The molecule has 1 aromatic rings. The molecular formula is C14H22O4S. The minimum atomic E-state index is -4.09. The SMILES string of the molecule is CCC(C)(CC(C)c1ccccc1)OCS(=O)(=O)O. The number of hydrogen-bond donors (Lipinski definition) is 1. The smallest absolute Gasteiger partial charge is 0.289 e. The van der Waals surface area contributed by atoms with Gasteiger partial charge in [0, 0.05) is 0 Å². The standard InChI is InChI=1S/C14H22O4S/c1-4-14(3,18-11-19(15,16)17)10-12(2)13-8-6-5-7-9-13/h5-9,12H,4,10-11H2,1-3H3,(H,15,16,17). The van der Waals surface area contributed by atoms with E-state index < -0.39 is 21.7 Å². The molecule has 1 rings (SSSR count). The Labute approximate surface area is 115 Å². The average molecular weight is 286 g/mol. The second-order valence-corrected chi connectivity index (χ2v) is 6.56. The van der Waals surface area contributed by atoms with Gasteiger partial charge in [0.05, 0.1) is 5.60 Å². The molecule has 0 radical (unpaired) electrons. The van der Waals surface area contributed by atoms with Gasteiger partial charge in [0.1, 0.15) is 0 Å². The summed E-state index contributed by atoms with van der Waals surface area (Å²) in [4.78, 5) is 0. The first-order valence-electron chi connectivity index (χ1n) is 6.40. The third kappa shape index (κ3) is 5.72. The quantitative estimate of drug-likeness (QED) is 0.782. The van der Waals surface area contributed by atoms with Crippen molar-refractivity contribution in [3.05, 3.63) is 35.9 Å². The molecule has 2 atom stereocenters. The van der Waals surface area contributed by atoms with Crippen LogP contribution in [0.3, 0.4) is 0 Å². The molecule has 0 fully saturated rings. The summed E-state index contributed by atoms with van der Waals surface area (Å²) in [5, 5.41) is 0. The summed E-state index contributed by atoms with van der Waals surface area (Å²) in [6, 6.07) is 10.0. The van der Waals surface area contributed by atoms with Crippen LogP contribution in [0.4, 0.5) is 0 Å². The molecule has 0 bridgehead atoms. The minimum Gasteiger partial charge on any atom is -0.357 e. The Morgan fingerprint density at radius 3 is 2.37 bits per heavy atom. The zero-order chi connectivity index (χ0) is 14.5. The fourth-order valence-electron chi connectivity index (χ4n) is 2.07. The first kappa shape index (κ1) is 16.1. The Kier molecular flexibility index (Phi) is 5.52. The van der Waals surface area contributed by atoms with Gasteiger partial charge in [-0.1, -0.05) is 44.2 Å². The highest BCUT2D eigenvalue weighted by atomic mass is 32.2. The molecule has 0 amide bonds. The van der Waals surface area contributed by atoms with E-state index in [0.717, 1.165) is 0 Å². The zero-order valence-corrected chi connectivity index (χ0v) is 12.5. The number of benzene rings is 1. The van der Waals surface area contributed by atoms with E-state index in [4.69, 9.17) is 9.29 Å². The highest BCUT2D eigenvalue weighted by Gasteiger charge is 2.27. The van der Waals surface area contributed by atoms with E-state index in [1.54, 1.807) is 0 Å². The Bertz CT molecular complexity index is 483. The van der Waals surface area contributed by atoms with Crippen LogP contribution in [-0.4, -0.2) is 24.5 Å². The molecule has 0 aromatic heterocycles. The molecule has 0 saturated carbocycles. The van der Waals surface area contributed by atoms with Crippen molar-refractivity contribution in [2.45, 2.75) is 45.1 Å².